The maximum atomic E-state index is 14.6. The van der Waals surface area contributed by atoms with Crippen LogP contribution < -0.4 is 0 Å². The standard InChI is InChI=1S/C27H42O10/c1-12-18(9-34-16(5)28)20-23(31)21-19(10-35-17(6)29)25(7)24(36-11-33-8)14(3)27(21,37-25)15(4)26(20,32)13(2)22(12)30/h12-15,18-22,24,30,32H,9-11H2,1-8H3/t12-,13-,14+,15+,18+,19+,20+,21-,22-,24-,25+,26-,27+/m1/s1. The fourth-order valence-corrected chi connectivity index (χ4v) is 8.67. The lowest BCUT2D eigenvalue weighted by molar-refractivity contribution is -0.265. The Morgan fingerprint density at radius 2 is 1.59 bits per heavy atom. The van der Waals surface area contributed by atoms with Crippen molar-refractivity contribution in [2.45, 2.75) is 77.5 Å². The second-order valence-corrected chi connectivity index (χ2v) is 11.9. The van der Waals surface area contributed by atoms with Gasteiger partial charge in [0.1, 0.15) is 12.6 Å². The first-order valence-corrected chi connectivity index (χ1v) is 13.2. The van der Waals surface area contributed by atoms with Gasteiger partial charge >= 0.3 is 11.9 Å². The third-order valence-electron chi connectivity index (χ3n) is 10.4. The molecule has 0 unspecified atom stereocenters. The van der Waals surface area contributed by atoms with E-state index in [4.69, 9.17) is 23.7 Å². The lowest BCUT2D eigenvalue weighted by atomic mass is 9.42. The first-order valence-electron chi connectivity index (χ1n) is 13.2. The predicted octanol–water partition coefficient (Wildman–Crippen LogP) is 1.34. The van der Waals surface area contributed by atoms with Gasteiger partial charge in [-0.05, 0) is 12.8 Å². The second-order valence-electron chi connectivity index (χ2n) is 11.9. The molecule has 4 rings (SSSR count). The number of aliphatic hydroxyl groups excluding tert-OH is 1. The lowest BCUT2D eigenvalue weighted by Gasteiger charge is -2.64. The molecular formula is C27H42O10. The molecule has 10 heteroatoms. The van der Waals surface area contributed by atoms with Gasteiger partial charge in [0.25, 0.3) is 0 Å². The molecule has 2 bridgehead atoms. The predicted molar refractivity (Wildman–Crippen MR) is 129 cm³/mol. The molecule has 0 amide bonds. The highest BCUT2D eigenvalue weighted by Crippen LogP contribution is 2.70. The minimum atomic E-state index is -1.63. The molecule has 2 saturated heterocycles. The van der Waals surface area contributed by atoms with E-state index in [-0.39, 0.29) is 31.7 Å². The van der Waals surface area contributed by atoms with Gasteiger partial charge < -0.3 is 33.9 Å². The van der Waals surface area contributed by atoms with Crippen molar-refractivity contribution in [3.8, 4) is 0 Å². The van der Waals surface area contributed by atoms with Crippen LogP contribution in [0, 0.1) is 47.3 Å². The van der Waals surface area contributed by atoms with Gasteiger partial charge in [-0.25, -0.2) is 0 Å². The first kappa shape index (κ1) is 28.4. The van der Waals surface area contributed by atoms with Crippen LogP contribution in [0.5, 0.6) is 0 Å². The Hall–Kier alpha value is -1.59. The summed E-state index contributed by atoms with van der Waals surface area (Å²) in [4.78, 5) is 38.1. The molecular weight excluding hydrogens is 484 g/mol. The van der Waals surface area contributed by atoms with Crippen molar-refractivity contribution in [3.63, 3.8) is 0 Å². The minimum absolute atomic E-state index is 0.0152. The van der Waals surface area contributed by atoms with E-state index in [0.717, 1.165) is 0 Å². The van der Waals surface area contributed by atoms with Crippen LogP contribution in [0.2, 0.25) is 0 Å². The largest absolute Gasteiger partial charge is 0.466 e. The van der Waals surface area contributed by atoms with E-state index < -0.39 is 82.4 Å². The number of aliphatic hydroxyl groups is 2. The molecule has 210 valence electrons. The highest BCUT2D eigenvalue weighted by atomic mass is 16.7. The van der Waals surface area contributed by atoms with Crippen LogP contribution in [0.25, 0.3) is 0 Å². The number of carbonyl (C=O) groups is 3. The SMILES string of the molecule is COCO[C@@H]1[C@H](C)[C@@]23O[C@@]1(C)[C@@H](COC(C)=O)[C@@H]2C(=O)[C@@H]1[C@@H](COC(C)=O)[C@@H](C)[C@@H](O)[C@@H](C)[C@@]1(O)[C@@H]3C. The second kappa shape index (κ2) is 9.55. The van der Waals surface area contributed by atoms with Gasteiger partial charge in [0.15, 0.2) is 0 Å². The smallest absolute Gasteiger partial charge is 0.302 e. The first-order chi connectivity index (χ1) is 17.2. The molecule has 2 aliphatic carbocycles. The van der Waals surface area contributed by atoms with Crippen molar-refractivity contribution < 1.29 is 48.3 Å². The summed E-state index contributed by atoms with van der Waals surface area (Å²) in [6.07, 6.45) is -1.41. The highest BCUT2D eigenvalue weighted by Gasteiger charge is 2.83. The molecule has 2 N–H and O–H groups in total. The van der Waals surface area contributed by atoms with Gasteiger partial charge in [0, 0.05) is 50.5 Å². The zero-order valence-electron chi connectivity index (χ0n) is 23.1. The summed E-state index contributed by atoms with van der Waals surface area (Å²) in [6, 6.07) is 0. The van der Waals surface area contributed by atoms with Gasteiger partial charge in [0.2, 0.25) is 0 Å². The summed E-state index contributed by atoms with van der Waals surface area (Å²) in [7, 11) is 1.52. The zero-order chi connectivity index (χ0) is 27.7. The van der Waals surface area contributed by atoms with E-state index >= 15 is 0 Å². The minimum Gasteiger partial charge on any atom is -0.466 e. The quantitative estimate of drug-likeness (QED) is 0.369. The van der Waals surface area contributed by atoms with Crippen molar-refractivity contribution in [1.29, 1.82) is 0 Å². The zero-order valence-corrected chi connectivity index (χ0v) is 23.1. The van der Waals surface area contributed by atoms with Crippen LogP contribution in [-0.2, 0) is 38.1 Å². The third-order valence-corrected chi connectivity index (χ3v) is 10.4. The van der Waals surface area contributed by atoms with Crippen LogP contribution in [0.15, 0.2) is 0 Å². The maximum absolute atomic E-state index is 14.6. The number of methoxy groups -OCH3 is 1. The van der Waals surface area contributed by atoms with Crippen molar-refractivity contribution in [1.82, 2.24) is 0 Å². The Morgan fingerprint density at radius 1 is 1.00 bits per heavy atom. The topological polar surface area (TPSA) is 138 Å². The summed E-state index contributed by atoms with van der Waals surface area (Å²) in [5.74, 6) is -5.84. The number of ether oxygens (including phenoxy) is 5. The van der Waals surface area contributed by atoms with E-state index in [9.17, 15) is 24.6 Å². The van der Waals surface area contributed by atoms with Crippen LogP contribution >= 0.6 is 0 Å². The van der Waals surface area contributed by atoms with Crippen molar-refractivity contribution in [2.24, 2.45) is 47.3 Å². The molecule has 0 aromatic carbocycles. The van der Waals surface area contributed by atoms with E-state index in [0.29, 0.717) is 0 Å². The van der Waals surface area contributed by atoms with Crippen LogP contribution in [0.4, 0.5) is 0 Å². The van der Waals surface area contributed by atoms with Crippen LogP contribution in [0.3, 0.4) is 0 Å². The third kappa shape index (κ3) is 3.73. The number of rotatable bonds is 7. The number of hydrogen-bond donors (Lipinski definition) is 2. The summed E-state index contributed by atoms with van der Waals surface area (Å²) < 4.78 is 28.9. The van der Waals surface area contributed by atoms with Gasteiger partial charge in [-0.1, -0.05) is 27.7 Å². The van der Waals surface area contributed by atoms with Crippen LogP contribution in [-0.4, -0.2) is 84.1 Å². The normalized spacial score (nSPS) is 50.4. The van der Waals surface area contributed by atoms with Crippen molar-refractivity contribution >= 4 is 17.7 Å². The number of fused-ring (bicyclic) bond motifs is 2. The van der Waals surface area contributed by atoms with E-state index in [1.54, 1.807) is 6.92 Å². The summed E-state index contributed by atoms with van der Waals surface area (Å²) in [6.45, 7) is 11.8. The lowest BCUT2D eigenvalue weighted by Crippen LogP contribution is -2.76. The summed E-state index contributed by atoms with van der Waals surface area (Å²) >= 11 is 0. The molecule has 37 heavy (non-hydrogen) atoms. The van der Waals surface area contributed by atoms with Crippen LogP contribution in [0.1, 0.15) is 48.5 Å². The molecule has 4 fully saturated rings. The van der Waals surface area contributed by atoms with E-state index in [1.165, 1.54) is 21.0 Å². The average Bonchev–Trinajstić information content (AvgIpc) is 3.23. The average molecular weight is 527 g/mol. The monoisotopic (exact) mass is 526 g/mol. The fourth-order valence-electron chi connectivity index (χ4n) is 8.67. The highest BCUT2D eigenvalue weighted by molar-refractivity contribution is 5.89. The molecule has 2 heterocycles. The Kier molecular flexibility index (Phi) is 7.34. The maximum Gasteiger partial charge on any atom is 0.302 e. The number of carbonyl (C=O) groups excluding carboxylic acids is 3. The number of esters is 2. The van der Waals surface area contributed by atoms with Gasteiger partial charge in [-0.3, -0.25) is 14.4 Å². The molecule has 2 aliphatic heterocycles. The molecule has 10 nitrogen and oxygen atoms in total. The Morgan fingerprint density at radius 3 is 2.16 bits per heavy atom. The molecule has 4 aliphatic rings. The molecule has 0 aromatic rings. The number of ketones is 1. The van der Waals surface area contributed by atoms with E-state index in [2.05, 4.69) is 0 Å². The van der Waals surface area contributed by atoms with E-state index in [1.807, 2.05) is 27.7 Å². The Balaban J connectivity index is 1.86. The van der Waals surface area contributed by atoms with Gasteiger partial charge in [-0.2, -0.15) is 0 Å². The number of Topliss-reactive ketones (excluding diaryl/α,β-unsaturated/α-hetero) is 1. The fraction of sp³-hybridized carbons (Fsp3) is 0.889. The van der Waals surface area contributed by atoms with Crippen molar-refractivity contribution in [3.05, 3.63) is 0 Å². The Labute approximate surface area is 218 Å². The Bertz CT molecular complexity index is 938. The number of hydrogen-bond acceptors (Lipinski definition) is 10. The van der Waals surface area contributed by atoms with Gasteiger partial charge in [0.05, 0.1) is 54.1 Å². The molecule has 0 aromatic heterocycles. The summed E-state index contributed by atoms with van der Waals surface area (Å²) in [5.41, 5.74) is -3.75. The molecule has 0 radical (unpaired) electrons. The molecule has 2 saturated carbocycles. The molecule has 1 spiro atoms. The summed E-state index contributed by atoms with van der Waals surface area (Å²) in [5, 5.41) is 23.7. The molecule has 13 atom stereocenters. The van der Waals surface area contributed by atoms with Crippen molar-refractivity contribution in [2.75, 3.05) is 27.1 Å². The van der Waals surface area contributed by atoms with Gasteiger partial charge in [-0.15, -0.1) is 0 Å².